The van der Waals surface area contributed by atoms with E-state index in [1.54, 1.807) is 0 Å². The molecule has 2 spiro atoms. The lowest BCUT2D eigenvalue weighted by Crippen LogP contribution is -2.55. The first kappa shape index (κ1) is 24.5. The maximum absolute atomic E-state index is 5.13. The predicted octanol–water partition coefficient (Wildman–Crippen LogP) is 9.75. The fraction of sp³-hybridized carbons (Fsp3) is 0.853. The van der Waals surface area contributed by atoms with Crippen molar-refractivity contribution in [2.75, 3.05) is 0 Å². The smallest absolute Gasteiger partial charge is 0.0468 e. The molecule has 0 N–H and O–H groups in total. The minimum absolute atomic E-state index is 0.0971. The van der Waals surface area contributed by atoms with Crippen molar-refractivity contribution in [2.24, 2.45) is 44.8 Å². The highest BCUT2D eigenvalue weighted by molar-refractivity contribution is 5.25. The summed E-state index contributed by atoms with van der Waals surface area (Å²) in [6, 6.07) is 6.75. The second kappa shape index (κ2) is 7.83. The second-order valence-corrected chi connectivity index (χ2v) is 16.1. The fourth-order valence-electron chi connectivity index (χ4n) is 9.99. The summed E-state index contributed by atoms with van der Waals surface area (Å²) in [5.74, 6) is 2.60. The molecule has 194 valence electrons. The summed E-state index contributed by atoms with van der Waals surface area (Å²) >= 11 is 0. The first-order valence-corrected chi connectivity index (χ1v) is 15.4. The van der Waals surface area contributed by atoms with Crippen LogP contribution < -0.4 is 0 Å². The number of rotatable bonds is 8. The molecule has 35 heavy (non-hydrogen) atoms. The Morgan fingerprint density at radius 2 is 1.34 bits per heavy atom. The van der Waals surface area contributed by atoms with Gasteiger partial charge in [-0.15, -0.1) is 0 Å². The van der Waals surface area contributed by atoms with E-state index in [0.717, 1.165) is 28.6 Å². The van der Waals surface area contributed by atoms with Crippen LogP contribution in [0.2, 0.25) is 0 Å². The van der Waals surface area contributed by atoms with Crippen molar-refractivity contribution in [1.82, 2.24) is 4.98 Å². The topological polar surface area (TPSA) is 12.9 Å². The zero-order chi connectivity index (χ0) is 24.7. The molecule has 5 aliphatic carbocycles. The van der Waals surface area contributed by atoms with E-state index in [-0.39, 0.29) is 10.8 Å². The van der Waals surface area contributed by atoms with Crippen LogP contribution in [0.3, 0.4) is 0 Å². The number of nitrogens with zero attached hydrogens (tertiary/aromatic N) is 1. The third kappa shape index (κ3) is 3.71. The van der Waals surface area contributed by atoms with Gasteiger partial charge in [0.15, 0.2) is 0 Å². The molecule has 1 heteroatoms. The molecule has 3 unspecified atom stereocenters. The average Bonchev–Trinajstić information content (AvgIpc) is 3.64. The highest BCUT2D eigenvalue weighted by atomic mass is 14.8. The molecule has 1 aromatic rings. The van der Waals surface area contributed by atoms with Crippen molar-refractivity contribution >= 4 is 0 Å². The lowest BCUT2D eigenvalue weighted by Gasteiger charge is -2.61. The van der Waals surface area contributed by atoms with Crippen LogP contribution in [0.5, 0.6) is 0 Å². The first-order valence-electron chi connectivity index (χ1n) is 15.4. The van der Waals surface area contributed by atoms with Gasteiger partial charge in [0, 0.05) is 17.3 Å². The van der Waals surface area contributed by atoms with E-state index in [2.05, 4.69) is 65.9 Å². The Bertz CT molecular complexity index is 921. The van der Waals surface area contributed by atoms with Gasteiger partial charge in [-0.05, 0) is 134 Å². The molecule has 5 aliphatic rings. The van der Waals surface area contributed by atoms with Crippen LogP contribution in [0.1, 0.15) is 137 Å². The molecule has 3 atom stereocenters. The van der Waals surface area contributed by atoms with Crippen molar-refractivity contribution in [2.45, 2.75) is 137 Å². The highest BCUT2D eigenvalue weighted by Gasteiger charge is 2.64. The van der Waals surface area contributed by atoms with E-state index in [9.17, 15) is 0 Å². The van der Waals surface area contributed by atoms with Crippen molar-refractivity contribution in [3.8, 4) is 0 Å². The molecule has 6 rings (SSSR count). The van der Waals surface area contributed by atoms with E-state index in [0.29, 0.717) is 10.8 Å². The number of hydrogen-bond acceptors (Lipinski definition) is 1. The zero-order valence-electron chi connectivity index (χ0n) is 23.9. The van der Waals surface area contributed by atoms with Gasteiger partial charge in [0.2, 0.25) is 0 Å². The minimum Gasteiger partial charge on any atom is -0.261 e. The molecule has 0 aromatic carbocycles. The van der Waals surface area contributed by atoms with Crippen LogP contribution in [-0.4, -0.2) is 4.98 Å². The SMILES string of the molecule is CC(CC(C)(C1CCCC1)C(C)(C)C1CCC2(CC2)C1)(c1ccccn1)C(C)(C)C1CC2(CC2)C1. The number of aromatic nitrogens is 1. The quantitative estimate of drug-likeness (QED) is 0.364. The highest BCUT2D eigenvalue weighted by Crippen LogP contribution is 2.72. The molecule has 1 nitrogen and oxygen atoms in total. The second-order valence-electron chi connectivity index (χ2n) is 16.1. The third-order valence-electron chi connectivity index (χ3n) is 14.1. The van der Waals surface area contributed by atoms with E-state index in [1.165, 1.54) is 95.6 Å². The molecule has 0 saturated heterocycles. The van der Waals surface area contributed by atoms with Gasteiger partial charge in [0.1, 0.15) is 0 Å². The van der Waals surface area contributed by atoms with Gasteiger partial charge in [-0.3, -0.25) is 4.98 Å². The van der Waals surface area contributed by atoms with Crippen LogP contribution in [0, 0.1) is 44.8 Å². The Morgan fingerprint density at radius 3 is 1.89 bits per heavy atom. The molecular weight excluding hydrogens is 422 g/mol. The van der Waals surface area contributed by atoms with E-state index < -0.39 is 0 Å². The molecule has 0 radical (unpaired) electrons. The van der Waals surface area contributed by atoms with Gasteiger partial charge in [-0.25, -0.2) is 0 Å². The Hall–Kier alpha value is -0.850. The normalized spacial score (nSPS) is 31.3. The molecule has 1 heterocycles. The van der Waals surface area contributed by atoms with Crippen LogP contribution in [0.4, 0.5) is 0 Å². The third-order valence-corrected chi connectivity index (χ3v) is 14.1. The lowest BCUT2D eigenvalue weighted by molar-refractivity contribution is -0.0903. The van der Waals surface area contributed by atoms with E-state index >= 15 is 0 Å². The van der Waals surface area contributed by atoms with E-state index in [4.69, 9.17) is 4.98 Å². The molecular formula is C34H53N. The first-order chi connectivity index (χ1) is 16.5. The Morgan fingerprint density at radius 1 is 0.714 bits per heavy atom. The van der Waals surface area contributed by atoms with Crippen molar-refractivity contribution in [1.29, 1.82) is 0 Å². The average molecular weight is 476 g/mol. The van der Waals surface area contributed by atoms with E-state index in [1.807, 2.05) is 0 Å². The lowest BCUT2D eigenvalue weighted by atomic mass is 9.43. The van der Waals surface area contributed by atoms with Crippen molar-refractivity contribution in [3.63, 3.8) is 0 Å². The Kier molecular flexibility index (Phi) is 5.48. The Labute approximate surface area is 216 Å². The van der Waals surface area contributed by atoms with Crippen LogP contribution in [0.15, 0.2) is 24.4 Å². The van der Waals surface area contributed by atoms with Gasteiger partial charge in [0.25, 0.3) is 0 Å². The van der Waals surface area contributed by atoms with Gasteiger partial charge in [-0.2, -0.15) is 0 Å². The maximum Gasteiger partial charge on any atom is 0.0468 e. The predicted molar refractivity (Wildman–Crippen MR) is 147 cm³/mol. The summed E-state index contributed by atoms with van der Waals surface area (Å²) in [5, 5.41) is 0. The van der Waals surface area contributed by atoms with Gasteiger partial charge < -0.3 is 0 Å². The summed E-state index contributed by atoms with van der Waals surface area (Å²) in [4.78, 5) is 5.13. The van der Waals surface area contributed by atoms with Crippen LogP contribution in [0.25, 0.3) is 0 Å². The molecule has 0 aliphatic heterocycles. The zero-order valence-corrected chi connectivity index (χ0v) is 23.9. The van der Waals surface area contributed by atoms with Gasteiger partial charge >= 0.3 is 0 Å². The van der Waals surface area contributed by atoms with Gasteiger partial charge in [-0.1, -0.05) is 60.5 Å². The van der Waals surface area contributed by atoms with Crippen molar-refractivity contribution in [3.05, 3.63) is 30.1 Å². The number of hydrogen-bond donors (Lipinski definition) is 0. The standard InChI is InChI=1S/C34H53N/c1-29(2,26-14-15-33(21-26)16-17-33)31(5,25-11-7-8-12-25)24-32(6,28-13-9-10-20-35-28)30(3,4)27-22-34(23-27)18-19-34/h9-10,13,20,25-27H,7-8,11-12,14-19,21-24H2,1-6H3. The molecule has 5 saturated carbocycles. The Balaban J connectivity index is 1.39. The van der Waals surface area contributed by atoms with Gasteiger partial charge in [0.05, 0.1) is 0 Å². The summed E-state index contributed by atoms with van der Waals surface area (Å²) in [7, 11) is 0. The molecule has 1 aromatic heterocycles. The molecule has 0 bridgehead atoms. The molecule has 0 amide bonds. The summed E-state index contributed by atoms with van der Waals surface area (Å²) in [5.41, 5.74) is 3.96. The fourth-order valence-corrected chi connectivity index (χ4v) is 9.99. The summed E-state index contributed by atoms with van der Waals surface area (Å²) in [6.07, 6.45) is 22.6. The van der Waals surface area contributed by atoms with Crippen LogP contribution >= 0.6 is 0 Å². The summed E-state index contributed by atoms with van der Waals surface area (Å²) < 4.78 is 0. The van der Waals surface area contributed by atoms with Crippen LogP contribution in [-0.2, 0) is 5.41 Å². The number of pyridine rings is 1. The molecule has 5 fully saturated rings. The summed E-state index contributed by atoms with van der Waals surface area (Å²) in [6.45, 7) is 16.1. The largest absolute Gasteiger partial charge is 0.261 e. The van der Waals surface area contributed by atoms with Crippen molar-refractivity contribution < 1.29 is 0 Å². The minimum atomic E-state index is 0.0971. The maximum atomic E-state index is 5.13. The monoisotopic (exact) mass is 475 g/mol.